The molecule has 1 nitrogen and oxygen atoms in total. The fourth-order valence-electron chi connectivity index (χ4n) is 2.27. The predicted molar refractivity (Wildman–Crippen MR) is 72.6 cm³/mol. The van der Waals surface area contributed by atoms with Gasteiger partial charge in [0, 0.05) is 12.5 Å². The van der Waals surface area contributed by atoms with Gasteiger partial charge in [-0.05, 0) is 55.8 Å². The van der Waals surface area contributed by atoms with Crippen LogP contribution in [0.2, 0.25) is 0 Å². The molecule has 0 heterocycles. The van der Waals surface area contributed by atoms with Crippen LogP contribution < -0.4 is 5.32 Å². The molecule has 0 saturated heterocycles. The van der Waals surface area contributed by atoms with Gasteiger partial charge in [-0.15, -0.1) is 12.3 Å². The lowest BCUT2D eigenvalue weighted by Gasteiger charge is -2.18. The molecular formula is C16H20FN. The molecule has 1 fully saturated rings. The molecule has 1 unspecified atom stereocenters. The highest BCUT2D eigenvalue weighted by Gasteiger charge is 2.31. The van der Waals surface area contributed by atoms with E-state index in [4.69, 9.17) is 6.42 Å². The molecule has 0 bridgehead atoms. The van der Waals surface area contributed by atoms with Gasteiger partial charge in [0.05, 0.1) is 0 Å². The summed E-state index contributed by atoms with van der Waals surface area (Å²) in [4.78, 5) is 0. The van der Waals surface area contributed by atoms with Crippen molar-refractivity contribution in [2.45, 2.75) is 38.1 Å². The third-order valence-electron chi connectivity index (χ3n) is 3.43. The largest absolute Gasteiger partial charge is 0.310 e. The third-order valence-corrected chi connectivity index (χ3v) is 3.43. The van der Waals surface area contributed by atoms with Crippen molar-refractivity contribution in [1.29, 1.82) is 0 Å². The Labute approximate surface area is 109 Å². The van der Waals surface area contributed by atoms with Crippen molar-refractivity contribution >= 4 is 0 Å². The molecule has 0 amide bonds. The third kappa shape index (κ3) is 3.85. The van der Waals surface area contributed by atoms with E-state index in [1.54, 1.807) is 12.1 Å². The van der Waals surface area contributed by atoms with Crippen LogP contribution in [0.25, 0.3) is 0 Å². The Morgan fingerprint density at radius 3 is 2.61 bits per heavy atom. The second-order valence-electron chi connectivity index (χ2n) is 4.98. The molecule has 18 heavy (non-hydrogen) atoms. The van der Waals surface area contributed by atoms with E-state index in [-0.39, 0.29) is 5.82 Å². The van der Waals surface area contributed by atoms with E-state index in [1.165, 1.54) is 18.4 Å². The summed E-state index contributed by atoms with van der Waals surface area (Å²) in [6.07, 6.45) is 10.8. The maximum atomic E-state index is 12.9. The van der Waals surface area contributed by atoms with Crippen LogP contribution in [0.5, 0.6) is 0 Å². The van der Waals surface area contributed by atoms with E-state index < -0.39 is 0 Å². The van der Waals surface area contributed by atoms with Crippen molar-refractivity contribution in [2.75, 3.05) is 6.54 Å². The van der Waals surface area contributed by atoms with Crippen LogP contribution in [-0.2, 0) is 0 Å². The average molecular weight is 245 g/mol. The lowest BCUT2D eigenvalue weighted by Crippen LogP contribution is -2.24. The topological polar surface area (TPSA) is 12.0 Å². The molecule has 1 atom stereocenters. The van der Waals surface area contributed by atoms with Crippen LogP contribution in [0.4, 0.5) is 4.39 Å². The van der Waals surface area contributed by atoms with Gasteiger partial charge in [-0.25, -0.2) is 4.39 Å². The first-order valence-electron chi connectivity index (χ1n) is 6.73. The summed E-state index contributed by atoms with van der Waals surface area (Å²) in [5, 5.41) is 3.59. The Bertz CT molecular complexity index is 400. The normalized spacial score (nSPS) is 16.2. The molecule has 0 aliphatic heterocycles. The Morgan fingerprint density at radius 1 is 1.28 bits per heavy atom. The second-order valence-corrected chi connectivity index (χ2v) is 4.98. The van der Waals surface area contributed by atoms with Gasteiger partial charge in [0.25, 0.3) is 0 Å². The van der Waals surface area contributed by atoms with Gasteiger partial charge in [0.1, 0.15) is 5.82 Å². The van der Waals surface area contributed by atoms with Gasteiger partial charge in [-0.3, -0.25) is 0 Å². The number of terminal acetylenes is 1. The van der Waals surface area contributed by atoms with Crippen molar-refractivity contribution < 1.29 is 4.39 Å². The second kappa shape index (κ2) is 6.56. The van der Waals surface area contributed by atoms with Crippen molar-refractivity contribution in [3.63, 3.8) is 0 Å². The molecule has 1 saturated carbocycles. The number of hydrogen-bond acceptors (Lipinski definition) is 1. The van der Waals surface area contributed by atoms with E-state index in [0.29, 0.717) is 6.04 Å². The maximum absolute atomic E-state index is 12.9. The summed E-state index contributed by atoms with van der Waals surface area (Å²) in [6, 6.07) is 7.27. The summed E-state index contributed by atoms with van der Waals surface area (Å²) in [7, 11) is 0. The molecule has 1 aromatic rings. The van der Waals surface area contributed by atoms with Crippen LogP contribution in [0, 0.1) is 24.1 Å². The zero-order valence-corrected chi connectivity index (χ0v) is 10.7. The zero-order chi connectivity index (χ0) is 12.8. The first kappa shape index (κ1) is 13.1. The summed E-state index contributed by atoms with van der Waals surface area (Å²) >= 11 is 0. The van der Waals surface area contributed by atoms with Gasteiger partial charge in [0.15, 0.2) is 0 Å². The van der Waals surface area contributed by atoms with Crippen LogP contribution in [0.15, 0.2) is 24.3 Å². The molecule has 96 valence electrons. The quantitative estimate of drug-likeness (QED) is 0.571. The Kier molecular flexibility index (Phi) is 4.78. The average Bonchev–Trinajstić information content (AvgIpc) is 3.20. The number of hydrogen-bond donors (Lipinski definition) is 1. The monoisotopic (exact) mass is 245 g/mol. The first-order chi connectivity index (χ1) is 8.81. The summed E-state index contributed by atoms with van der Waals surface area (Å²) in [5.74, 6) is 3.22. The van der Waals surface area contributed by atoms with Gasteiger partial charge in [0.2, 0.25) is 0 Å². The summed E-state index contributed by atoms with van der Waals surface area (Å²) in [5.41, 5.74) is 1.20. The van der Waals surface area contributed by atoms with Gasteiger partial charge >= 0.3 is 0 Å². The van der Waals surface area contributed by atoms with Crippen molar-refractivity contribution in [1.82, 2.24) is 5.32 Å². The molecular weight excluding hydrogens is 225 g/mol. The molecule has 0 aromatic heterocycles. The molecule has 0 radical (unpaired) electrons. The van der Waals surface area contributed by atoms with E-state index in [2.05, 4.69) is 11.2 Å². The zero-order valence-electron chi connectivity index (χ0n) is 10.7. The number of benzene rings is 1. The minimum absolute atomic E-state index is 0.165. The van der Waals surface area contributed by atoms with Crippen molar-refractivity contribution in [3.05, 3.63) is 35.6 Å². The standard InChI is InChI=1S/C16H20FN/c1-2-3-4-5-12-18-16(13-6-7-13)14-8-10-15(17)11-9-14/h1,8-11,13,16,18H,3-7,12H2. The number of unbranched alkanes of at least 4 members (excludes halogenated alkanes) is 2. The van der Waals surface area contributed by atoms with Gasteiger partial charge in [-0.2, -0.15) is 0 Å². The van der Waals surface area contributed by atoms with Gasteiger partial charge in [-0.1, -0.05) is 12.1 Å². The lowest BCUT2D eigenvalue weighted by atomic mass is 10.0. The molecule has 0 spiro atoms. The lowest BCUT2D eigenvalue weighted by molar-refractivity contribution is 0.470. The molecule has 1 N–H and O–H groups in total. The van der Waals surface area contributed by atoms with Crippen LogP contribution >= 0.6 is 0 Å². The Balaban J connectivity index is 1.85. The molecule has 1 aliphatic carbocycles. The molecule has 2 rings (SSSR count). The fraction of sp³-hybridized carbons (Fsp3) is 0.500. The highest BCUT2D eigenvalue weighted by Crippen LogP contribution is 2.40. The minimum Gasteiger partial charge on any atom is -0.310 e. The van der Waals surface area contributed by atoms with Crippen molar-refractivity contribution in [2.24, 2.45) is 5.92 Å². The fourth-order valence-corrected chi connectivity index (χ4v) is 2.27. The van der Waals surface area contributed by atoms with E-state index in [1.807, 2.05) is 12.1 Å². The highest BCUT2D eigenvalue weighted by atomic mass is 19.1. The van der Waals surface area contributed by atoms with E-state index in [0.717, 1.165) is 31.7 Å². The molecule has 2 heteroatoms. The molecule has 1 aromatic carbocycles. The van der Waals surface area contributed by atoms with Crippen LogP contribution in [0.3, 0.4) is 0 Å². The van der Waals surface area contributed by atoms with E-state index in [9.17, 15) is 4.39 Å². The van der Waals surface area contributed by atoms with E-state index >= 15 is 0 Å². The Morgan fingerprint density at radius 2 is 2.00 bits per heavy atom. The predicted octanol–water partition coefficient (Wildman–Crippen LogP) is 3.67. The maximum Gasteiger partial charge on any atom is 0.123 e. The Hall–Kier alpha value is -1.33. The summed E-state index contributed by atoms with van der Waals surface area (Å²) in [6.45, 7) is 0.986. The van der Waals surface area contributed by atoms with Crippen LogP contribution in [0.1, 0.15) is 43.7 Å². The van der Waals surface area contributed by atoms with Crippen molar-refractivity contribution in [3.8, 4) is 12.3 Å². The van der Waals surface area contributed by atoms with Gasteiger partial charge < -0.3 is 5.32 Å². The number of nitrogens with one attached hydrogen (secondary N) is 1. The van der Waals surface area contributed by atoms with Crippen LogP contribution in [-0.4, -0.2) is 6.54 Å². The summed E-state index contributed by atoms with van der Waals surface area (Å²) < 4.78 is 12.9. The minimum atomic E-state index is -0.165. The first-order valence-corrected chi connectivity index (χ1v) is 6.73. The number of rotatable bonds is 7. The molecule has 1 aliphatic rings. The SMILES string of the molecule is C#CCCCCNC(c1ccc(F)cc1)C1CC1. The number of halogens is 1. The highest BCUT2D eigenvalue weighted by molar-refractivity contribution is 5.21. The smallest absolute Gasteiger partial charge is 0.123 e.